The van der Waals surface area contributed by atoms with Gasteiger partial charge in [0.2, 0.25) is 17.6 Å². The number of halogens is 2. The van der Waals surface area contributed by atoms with Crippen LogP contribution in [0.25, 0.3) is 11.4 Å². The zero-order valence-corrected chi connectivity index (χ0v) is 16.5. The van der Waals surface area contributed by atoms with Crippen LogP contribution in [0.4, 0.5) is 8.78 Å². The summed E-state index contributed by atoms with van der Waals surface area (Å²) in [5, 5.41) is 15.6. The molecule has 0 fully saturated rings. The third-order valence-electron chi connectivity index (χ3n) is 4.58. The first-order valence-electron chi connectivity index (χ1n) is 9.44. The van der Waals surface area contributed by atoms with Crippen LogP contribution in [-0.2, 0) is 11.2 Å². The summed E-state index contributed by atoms with van der Waals surface area (Å²) in [6, 6.07) is 11.2. The Morgan fingerprint density at radius 1 is 1.20 bits per heavy atom. The maximum absolute atomic E-state index is 13.8. The van der Waals surface area contributed by atoms with Gasteiger partial charge < -0.3 is 9.84 Å². The topological polar surface area (TPSA) is 91.8 Å². The lowest BCUT2D eigenvalue weighted by atomic mass is 10.0. The van der Waals surface area contributed by atoms with E-state index in [0.717, 1.165) is 17.7 Å². The van der Waals surface area contributed by atoms with Crippen molar-refractivity contribution in [3.63, 3.8) is 0 Å². The predicted octanol–water partition coefficient (Wildman–Crippen LogP) is 4.45. The number of rotatable bonds is 7. The number of hydrogen-bond donors (Lipinski definition) is 1. The Labute approximate surface area is 172 Å². The summed E-state index contributed by atoms with van der Waals surface area (Å²) in [5.41, 5.74) is 1.90. The Hall–Kier alpha value is -3.60. The molecule has 0 aliphatic heterocycles. The van der Waals surface area contributed by atoms with Crippen LogP contribution in [0.15, 0.2) is 47.0 Å². The molecule has 3 rings (SSSR count). The van der Waals surface area contributed by atoms with Crippen LogP contribution < -0.4 is 5.32 Å². The van der Waals surface area contributed by atoms with Gasteiger partial charge >= 0.3 is 0 Å². The number of carbonyl (C=O) groups excluding carboxylic acids is 1. The summed E-state index contributed by atoms with van der Waals surface area (Å²) in [6.45, 7) is 4.21. The van der Waals surface area contributed by atoms with Gasteiger partial charge in [-0.3, -0.25) is 4.79 Å². The van der Waals surface area contributed by atoms with Gasteiger partial charge in [0.15, 0.2) is 0 Å². The zero-order chi connectivity index (χ0) is 21.7. The number of hydrogen-bond acceptors (Lipinski definition) is 5. The molecule has 1 amide bonds. The number of amides is 1. The summed E-state index contributed by atoms with van der Waals surface area (Å²) in [7, 11) is 0. The number of carbonyl (C=O) groups is 1. The van der Waals surface area contributed by atoms with Gasteiger partial charge in [0, 0.05) is 30.0 Å². The molecule has 154 valence electrons. The van der Waals surface area contributed by atoms with E-state index >= 15 is 0 Å². The van der Waals surface area contributed by atoms with Crippen molar-refractivity contribution < 1.29 is 18.1 Å². The van der Waals surface area contributed by atoms with Gasteiger partial charge in [-0.25, -0.2) is 8.78 Å². The second-order valence-corrected chi connectivity index (χ2v) is 7.08. The summed E-state index contributed by atoms with van der Waals surface area (Å²) in [6.07, 6.45) is 0.127. The van der Waals surface area contributed by atoms with Crippen LogP contribution in [-0.4, -0.2) is 16.0 Å². The van der Waals surface area contributed by atoms with E-state index in [4.69, 9.17) is 4.52 Å². The molecular weight excluding hydrogens is 390 g/mol. The van der Waals surface area contributed by atoms with Crippen LogP contribution in [0.1, 0.15) is 49.2 Å². The Kier molecular flexibility index (Phi) is 6.52. The largest absolute Gasteiger partial charge is 0.339 e. The van der Waals surface area contributed by atoms with E-state index in [1.54, 1.807) is 6.07 Å². The normalized spacial score (nSPS) is 11.9. The molecule has 0 radical (unpaired) electrons. The molecule has 2 aromatic carbocycles. The van der Waals surface area contributed by atoms with Crippen LogP contribution in [0.5, 0.6) is 0 Å². The highest BCUT2D eigenvalue weighted by Crippen LogP contribution is 2.21. The summed E-state index contributed by atoms with van der Waals surface area (Å²) in [5.74, 6) is -1.04. The molecule has 0 aliphatic carbocycles. The number of aromatic nitrogens is 2. The number of aryl methyl sites for hydroxylation is 1. The molecule has 30 heavy (non-hydrogen) atoms. The fraction of sp³-hybridized carbons (Fsp3) is 0.273. The molecule has 1 atom stereocenters. The first-order valence-corrected chi connectivity index (χ1v) is 9.44. The fourth-order valence-corrected chi connectivity index (χ4v) is 2.86. The Morgan fingerprint density at radius 3 is 2.57 bits per heavy atom. The SMILES string of the molecule is CC(C)c1ccc(-c2noc(CCC(=O)NC(C#N)c3ccc(F)cc3F)n2)cc1. The maximum atomic E-state index is 13.8. The quantitative estimate of drug-likeness (QED) is 0.621. The van der Waals surface area contributed by atoms with Crippen molar-refractivity contribution in [1.82, 2.24) is 15.5 Å². The van der Waals surface area contributed by atoms with Crippen molar-refractivity contribution in [3.05, 3.63) is 71.1 Å². The third kappa shape index (κ3) is 5.06. The number of benzene rings is 2. The minimum Gasteiger partial charge on any atom is -0.339 e. The van der Waals surface area contributed by atoms with E-state index in [1.807, 2.05) is 24.3 Å². The third-order valence-corrected chi connectivity index (χ3v) is 4.58. The minimum absolute atomic E-state index is 0.0328. The molecule has 3 aromatic rings. The van der Waals surface area contributed by atoms with E-state index in [9.17, 15) is 18.8 Å². The van der Waals surface area contributed by atoms with Crippen LogP contribution in [0, 0.1) is 23.0 Å². The van der Waals surface area contributed by atoms with E-state index in [2.05, 4.69) is 29.3 Å². The molecular formula is C22H20F2N4O2. The second kappa shape index (κ2) is 9.27. The molecule has 0 saturated carbocycles. The molecule has 1 N–H and O–H groups in total. The first kappa shape index (κ1) is 21.1. The second-order valence-electron chi connectivity index (χ2n) is 7.08. The van der Waals surface area contributed by atoms with Crippen LogP contribution in [0.2, 0.25) is 0 Å². The van der Waals surface area contributed by atoms with Crippen molar-refractivity contribution in [2.45, 2.75) is 38.6 Å². The molecule has 0 spiro atoms. The van der Waals surface area contributed by atoms with Crippen LogP contribution in [0.3, 0.4) is 0 Å². The van der Waals surface area contributed by atoms with Gasteiger partial charge in [-0.05, 0) is 17.5 Å². The standard InChI is InChI=1S/C22H20F2N4O2/c1-13(2)14-3-5-15(6-4-14)22-27-21(30-28-22)10-9-20(29)26-19(12-25)17-8-7-16(23)11-18(17)24/h3-8,11,13,19H,9-10H2,1-2H3,(H,26,29). The lowest BCUT2D eigenvalue weighted by Gasteiger charge is -2.12. The average molecular weight is 410 g/mol. The summed E-state index contributed by atoms with van der Waals surface area (Å²) < 4.78 is 32.1. The van der Waals surface area contributed by atoms with Crippen molar-refractivity contribution >= 4 is 5.91 Å². The Morgan fingerprint density at radius 2 is 1.93 bits per heavy atom. The smallest absolute Gasteiger partial charge is 0.227 e. The van der Waals surface area contributed by atoms with E-state index < -0.39 is 23.6 Å². The van der Waals surface area contributed by atoms with E-state index in [0.29, 0.717) is 17.8 Å². The van der Waals surface area contributed by atoms with Gasteiger partial charge in [0.05, 0.1) is 6.07 Å². The lowest BCUT2D eigenvalue weighted by Crippen LogP contribution is -2.28. The highest BCUT2D eigenvalue weighted by atomic mass is 19.1. The number of nitriles is 1. The molecule has 1 aromatic heterocycles. The number of nitrogens with zero attached hydrogens (tertiary/aromatic N) is 3. The van der Waals surface area contributed by atoms with Gasteiger partial charge in [-0.15, -0.1) is 0 Å². The molecule has 0 saturated heterocycles. The van der Waals surface area contributed by atoms with Gasteiger partial charge in [-0.2, -0.15) is 10.2 Å². The lowest BCUT2D eigenvalue weighted by molar-refractivity contribution is -0.121. The maximum Gasteiger partial charge on any atom is 0.227 e. The van der Waals surface area contributed by atoms with Crippen molar-refractivity contribution in [2.75, 3.05) is 0 Å². The predicted molar refractivity (Wildman–Crippen MR) is 105 cm³/mol. The monoisotopic (exact) mass is 410 g/mol. The molecule has 8 heteroatoms. The number of nitrogens with one attached hydrogen (secondary N) is 1. The molecule has 0 bridgehead atoms. The molecule has 0 aliphatic rings. The van der Waals surface area contributed by atoms with Crippen molar-refractivity contribution in [1.29, 1.82) is 5.26 Å². The molecule has 6 nitrogen and oxygen atoms in total. The zero-order valence-electron chi connectivity index (χ0n) is 16.5. The average Bonchev–Trinajstić information content (AvgIpc) is 3.20. The van der Waals surface area contributed by atoms with Crippen molar-refractivity contribution in [3.8, 4) is 17.5 Å². The van der Waals surface area contributed by atoms with Gasteiger partial charge in [0.1, 0.15) is 17.7 Å². The Balaban J connectivity index is 1.59. The van der Waals surface area contributed by atoms with E-state index in [-0.39, 0.29) is 24.3 Å². The molecule has 1 unspecified atom stereocenters. The van der Waals surface area contributed by atoms with Gasteiger partial charge in [-0.1, -0.05) is 49.3 Å². The molecule has 1 heterocycles. The van der Waals surface area contributed by atoms with Crippen LogP contribution >= 0.6 is 0 Å². The van der Waals surface area contributed by atoms with Gasteiger partial charge in [0.25, 0.3) is 0 Å². The van der Waals surface area contributed by atoms with Crippen molar-refractivity contribution in [2.24, 2.45) is 0 Å². The summed E-state index contributed by atoms with van der Waals surface area (Å²) in [4.78, 5) is 16.5. The first-order chi connectivity index (χ1) is 14.4. The fourth-order valence-electron chi connectivity index (χ4n) is 2.86. The Bertz CT molecular complexity index is 1070. The highest BCUT2D eigenvalue weighted by molar-refractivity contribution is 5.77. The minimum atomic E-state index is -1.23. The van der Waals surface area contributed by atoms with E-state index in [1.165, 1.54) is 5.56 Å². The summed E-state index contributed by atoms with van der Waals surface area (Å²) >= 11 is 0. The highest BCUT2D eigenvalue weighted by Gasteiger charge is 2.19.